The highest BCUT2D eigenvalue weighted by Crippen LogP contribution is 2.22. The maximum absolute atomic E-state index is 12.2. The van der Waals surface area contributed by atoms with Crippen LogP contribution in [0.2, 0.25) is 0 Å². The van der Waals surface area contributed by atoms with E-state index in [-0.39, 0.29) is 26.1 Å². The lowest BCUT2D eigenvalue weighted by molar-refractivity contribution is -0.151. The van der Waals surface area contributed by atoms with E-state index in [1.165, 1.54) is 6.26 Å². The Bertz CT molecular complexity index is 903. The first-order valence-electron chi connectivity index (χ1n) is 9.20. The number of imide groups is 1. The first-order chi connectivity index (χ1) is 13.8. The molecule has 0 aliphatic rings. The fourth-order valence-electron chi connectivity index (χ4n) is 2.64. The van der Waals surface area contributed by atoms with E-state index in [0.29, 0.717) is 11.1 Å². The quantitative estimate of drug-likeness (QED) is 0.669. The highest BCUT2D eigenvalue weighted by Gasteiger charge is 2.19. The van der Waals surface area contributed by atoms with Crippen LogP contribution in [0, 0.1) is 6.92 Å². The van der Waals surface area contributed by atoms with Gasteiger partial charge in [-0.2, -0.15) is 0 Å². The molecular formula is C20H24N2O7. The Morgan fingerprint density at radius 2 is 1.90 bits per heavy atom. The summed E-state index contributed by atoms with van der Waals surface area (Å²) in [5.41, 5.74) is 2.38. The van der Waals surface area contributed by atoms with Crippen molar-refractivity contribution in [2.75, 3.05) is 26.3 Å². The molecule has 1 N–H and O–H groups in total. The summed E-state index contributed by atoms with van der Waals surface area (Å²) in [6.45, 7) is 4.68. The molecule has 1 heterocycles. The number of hydrogen-bond acceptors (Lipinski definition) is 7. The molecule has 0 radical (unpaired) electrons. The molecule has 1 aromatic carbocycles. The van der Waals surface area contributed by atoms with Crippen LogP contribution in [0.15, 0.2) is 28.9 Å². The predicted molar refractivity (Wildman–Crippen MR) is 103 cm³/mol. The van der Waals surface area contributed by atoms with Gasteiger partial charge in [0.15, 0.2) is 6.61 Å². The molecule has 0 saturated heterocycles. The second-order valence-electron chi connectivity index (χ2n) is 6.27. The normalized spacial score (nSPS) is 10.4. The maximum atomic E-state index is 12.2. The van der Waals surface area contributed by atoms with Gasteiger partial charge in [0.25, 0.3) is 5.91 Å². The molecule has 0 bridgehead atoms. The molecule has 9 nitrogen and oxygen atoms in total. The Balaban J connectivity index is 1.85. The van der Waals surface area contributed by atoms with Crippen molar-refractivity contribution in [1.29, 1.82) is 0 Å². The molecule has 29 heavy (non-hydrogen) atoms. The number of ether oxygens (including phenoxy) is 2. The molecular weight excluding hydrogens is 380 g/mol. The van der Waals surface area contributed by atoms with E-state index in [1.54, 1.807) is 13.8 Å². The number of hydrogen-bond donors (Lipinski definition) is 1. The molecule has 1 aromatic heterocycles. The van der Waals surface area contributed by atoms with Gasteiger partial charge in [-0.15, -0.1) is 0 Å². The first-order valence-corrected chi connectivity index (χ1v) is 9.20. The summed E-state index contributed by atoms with van der Waals surface area (Å²) >= 11 is 0. The van der Waals surface area contributed by atoms with E-state index in [1.807, 2.05) is 30.4 Å². The number of benzene rings is 1. The Labute approximate surface area is 167 Å². The number of aryl methyl sites for hydroxylation is 1. The number of furan rings is 1. The van der Waals surface area contributed by atoms with Crippen molar-refractivity contribution in [3.05, 3.63) is 35.6 Å². The van der Waals surface area contributed by atoms with Crippen LogP contribution in [0.4, 0.5) is 4.79 Å². The summed E-state index contributed by atoms with van der Waals surface area (Å²) in [6, 6.07) is 5.65. The maximum Gasteiger partial charge on any atom is 0.413 e. The SMILES string of the molecule is CCOC(=O)NC(=O)CN(CC)C(=O)COC(=O)Cc1coc2cc(C)ccc12. The Morgan fingerprint density at radius 1 is 1.14 bits per heavy atom. The lowest BCUT2D eigenvalue weighted by Crippen LogP contribution is -2.44. The minimum Gasteiger partial charge on any atom is -0.464 e. The van der Waals surface area contributed by atoms with Crippen molar-refractivity contribution in [1.82, 2.24) is 10.2 Å². The van der Waals surface area contributed by atoms with E-state index < -0.39 is 30.5 Å². The van der Waals surface area contributed by atoms with Gasteiger partial charge in [0.05, 0.1) is 19.3 Å². The van der Waals surface area contributed by atoms with Gasteiger partial charge < -0.3 is 18.8 Å². The highest BCUT2D eigenvalue weighted by atomic mass is 16.5. The van der Waals surface area contributed by atoms with Gasteiger partial charge in [0.2, 0.25) is 5.91 Å². The fraction of sp³-hybridized carbons (Fsp3) is 0.400. The van der Waals surface area contributed by atoms with Crippen LogP contribution in [0.25, 0.3) is 11.0 Å². The number of likely N-dealkylation sites (N-methyl/N-ethyl adjacent to an activating group) is 1. The lowest BCUT2D eigenvalue weighted by atomic mass is 10.1. The first kappa shape index (κ1) is 21.9. The van der Waals surface area contributed by atoms with Crippen LogP contribution in [-0.2, 0) is 30.3 Å². The van der Waals surface area contributed by atoms with E-state index in [2.05, 4.69) is 4.74 Å². The topological polar surface area (TPSA) is 115 Å². The zero-order valence-corrected chi connectivity index (χ0v) is 16.6. The van der Waals surface area contributed by atoms with E-state index >= 15 is 0 Å². The average Bonchev–Trinajstić information content (AvgIpc) is 3.05. The molecule has 0 unspecified atom stereocenters. The van der Waals surface area contributed by atoms with Crippen molar-refractivity contribution >= 4 is 34.8 Å². The monoisotopic (exact) mass is 404 g/mol. The highest BCUT2D eigenvalue weighted by molar-refractivity contribution is 5.95. The number of carbonyl (C=O) groups is 4. The van der Waals surface area contributed by atoms with Crippen molar-refractivity contribution < 1.29 is 33.1 Å². The lowest BCUT2D eigenvalue weighted by Gasteiger charge is -2.19. The Kier molecular flexibility index (Phi) is 7.76. The standard InChI is InChI=1S/C20H24N2O7/c1-4-22(10-17(23)21-20(26)27-5-2)18(24)12-29-19(25)9-14-11-28-16-8-13(3)6-7-15(14)16/h6-8,11H,4-5,9-10,12H2,1-3H3,(H,21,23,26). The molecule has 0 atom stereocenters. The number of nitrogens with zero attached hydrogens (tertiary/aromatic N) is 1. The van der Waals surface area contributed by atoms with Gasteiger partial charge in [-0.1, -0.05) is 12.1 Å². The summed E-state index contributed by atoms with van der Waals surface area (Å²) in [7, 11) is 0. The number of alkyl carbamates (subject to hydrolysis) is 1. The molecule has 0 aliphatic heterocycles. The summed E-state index contributed by atoms with van der Waals surface area (Å²) in [4.78, 5) is 48.5. The Hall–Kier alpha value is -3.36. The van der Waals surface area contributed by atoms with Crippen molar-refractivity contribution in [3.63, 3.8) is 0 Å². The van der Waals surface area contributed by atoms with Crippen molar-refractivity contribution in [2.45, 2.75) is 27.2 Å². The molecule has 0 fully saturated rings. The van der Waals surface area contributed by atoms with Crippen LogP contribution in [0.3, 0.4) is 0 Å². The minimum atomic E-state index is -0.880. The van der Waals surface area contributed by atoms with Crippen LogP contribution in [-0.4, -0.2) is 55.1 Å². The summed E-state index contributed by atoms with van der Waals surface area (Å²) < 4.78 is 15.1. The van der Waals surface area contributed by atoms with Crippen molar-refractivity contribution in [2.24, 2.45) is 0 Å². The summed E-state index contributed by atoms with van der Waals surface area (Å²) in [6.07, 6.45) is 0.569. The summed E-state index contributed by atoms with van der Waals surface area (Å²) in [5, 5.41) is 2.81. The van der Waals surface area contributed by atoms with Crippen LogP contribution >= 0.6 is 0 Å². The van der Waals surface area contributed by atoms with E-state index in [0.717, 1.165) is 15.8 Å². The molecule has 3 amide bonds. The molecule has 0 aliphatic carbocycles. The summed E-state index contributed by atoms with van der Waals surface area (Å²) in [5.74, 6) is -1.83. The largest absolute Gasteiger partial charge is 0.464 e. The number of fused-ring (bicyclic) bond motifs is 1. The second kappa shape index (κ2) is 10.3. The fourth-order valence-corrected chi connectivity index (χ4v) is 2.64. The molecule has 2 aromatic rings. The number of carbonyl (C=O) groups excluding carboxylic acids is 4. The van der Waals surface area contributed by atoms with Gasteiger partial charge in [-0.3, -0.25) is 19.7 Å². The number of amides is 3. The smallest absolute Gasteiger partial charge is 0.413 e. The van der Waals surface area contributed by atoms with Gasteiger partial charge in [0.1, 0.15) is 12.1 Å². The van der Waals surface area contributed by atoms with Gasteiger partial charge in [0, 0.05) is 17.5 Å². The molecule has 156 valence electrons. The third-order valence-electron chi connectivity index (χ3n) is 4.09. The molecule has 2 rings (SSSR count). The number of nitrogens with one attached hydrogen (secondary N) is 1. The van der Waals surface area contributed by atoms with Gasteiger partial charge in [-0.25, -0.2) is 4.79 Å². The number of esters is 1. The minimum absolute atomic E-state index is 0.0428. The van der Waals surface area contributed by atoms with Crippen LogP contribution in [0.1, 0.15) is 25.0 Å². The van der Waals surface area contributed by atoms with Crippen molar-refractivity contribution in [3.8, 4) is 0 Å². The molecule has 0 saturated carbocycles. The van der Waals surface area contributed by atoms with Gasteiger partial charge >= 0.3 is 12.1 Å². The van der Waals surface area contributed by atoms with Crippen LogP contribution in [0.5, 0.6) is 0 Å². The predicted octanol–water partition coefficient (Wildman–Crippen LogP) is 1.95. The van der Waals surface area contributed by atoms with Crippen LogP contribution < -0.4 is 5.32 Å². The zero-order valence-electron chi connectivity index (χ0n) is 16.6. The number of rotatable bonds is 8. The Morgan fingerprint density at radius 3 is 2.59 bits per heavy atom. The van der Waals surface area contributed by atoms with E-state index in [4.69, 9.17) is 9.15 Å². The molecule has 0 spiro atoms. The average molecular weight is 404 g/mol. The third kappa shape index (κ3) is 6.34. The third-order valence-corrected chi connectivity index (χ3v) is 4.09. The molecule has 9 heteroatoms. The van der Waals surface area contributed by atoms with Gasteiger partial charge in [-0.05, 0) is 32.4 Å². The second-order valence-corrected chi connectivity index (χ2v) is 6.27. The zero-order chi connectivity index (χ0) is 21.4. The van der Waals surface area contributed by atoms with E-state index in [9.17, 15) is 19.2 Å².